The number of amides is 1. The molecule has 0 spiro atoms. The molecule has 1 saturated carbocycles. The van der Waals surface area contributed by atoms with E-state index in [0.29, 0.717) is 16.8 Å². The van der Waals surface area contributed by atoms with Crippen molar-refractivity contribution in [3.8, 4) is 11.4 Å². The number of fused-ring (bicyclic) bond motifs is 1. The van der Waals surface area contributed by atoms with Crippen molar-refractivity contribution in [3.05, 3.63) is 58.3 Å². The van der Waals surface area contributed by atoms with Crippen molar-refractivity contribution in [2.75, 3.05) is 7.11 Å². The molecule has 1 N–H and O–H groups in total. The minimum absolute atomic E-state index is 0.0534. The Hall–Kier alpha value is -2.97. The number of aryl methyl sites for hydroxylation is 1. The molecule has 0 saturated heterocycles. The maximum Gasteiger partial charge on any atom is 0.280 e. The third kappa shape index (κ3) is 6.97. The molecule has 39 heavy (non-hydrogen) atoms. The van der Waals surface area contributed by atoms with Crippen molar-refractivity contribution >= 4 is 28.6 Å². The van der Waals surface area contributed by atoms with Gasteiger partial charge in [0.05, 0.1) is 29.4 Å². The summed E-state index contributed by atoms with van der Waals surface area (Å²) in [7, 11) is 1.79. The van der Waals surface area contributed by atoms with E-state index in [1.807, 2.05) is 31.3 Å². The van der Waals surface area contributed by atoms with E-state index in [0.717, 1.165) is 60.5 Å². The third-order valence-electron chi connectivity index (χ3n) is 7.74. The summed E-state index contributed by atoms with van der Waals surface area (Å²) in [4.78, 5) is 32.7. The molecule has 0 bridgehead atoms. The zero-order valence-corrected chi connectivity index (χ0v) is 24.4. The number of pyridine rings is 2. The molecule has 8 heteroatoms. The van der Waals surface area contributed by atoms with Crippen LogP contribution in [0, 0.1) is 24.2 Å². The third-order valence-corrected chi connectivity index (χ3v) is 8.65. The number of ether oxygens (including phenoxy) is 1. The van der Waals surface area contributed by atoms with Crippen LogP contribution in [0.1, 0.15) is 73.1 Å². The van der Waals surface area contributed by atoms with Crippen LogP contribution in [-0.4, -0.2) is 45.8 Å². The summed E-state index contributed by atoms with van der Waals surface area (Å²) >= 11 is 1.44. The van der Waals surface area contributed by atoms with E-state index in [2.05, 4.69) is 42.1 Å². The summed E-state index contributed by atoms with van der Waals surface area (Å²) in [5.74, 6) is 0.710. The maximum absolute atomic E-state index is 13.0. The second kappa shape index (κ2) is 11.6. The van der Waals surface area contributed by atoms with Crippen molar-refractivity contribution < 1.29 is 9.53 Å². The number of thiazole rings is 1. The number of methoxy groups -OCH3 is 1. The fourth-order valence-electron chi connectivity index (χ4n) is 6.05. The number of hydrogen-bond acceptors (Lipinski definition) is 7. The van der Waals surface area contributed by atoms with Crippen LogP contribution in [0.5, 0.6) is 0 Å². The van der Waals surface area contributed by atoms with E-state index >= 15 is 0 Å². The summed E-state index contributed by atoms with van der Waals surface area (Å²) in [5, 5.41) is 3.81. The van der Waals surface area contributed by atoms with Gasteiger partial charge in [-0.25, -0.2) is 4.98 Å². The Bertz CT molecular complexity index is 1330. The van der Waals surface area contributed by atoms with Gasteiger partial charge in [-0.05, 0) is 86.5 Å². The van der Waals surface area contributed by atoms with Gasteiger partial charge < -0.3 is 10.1 Å². The van der Waals surface area contributed by atoms with Gasteiger partial charge in [0.25, 0.3) is 5.91 Å². The van der Waals surface area contributed by atoms with Crippen LogP contribution in [0.15, 0.2) is 47.8 Å². The first kappa shape index (κ1) is 27.6. The van der Waals surface area contributed by atoms with Crippen LogP contribution in [-0.2, 0) is 11.2 Å². The summed E-state index contributed by atoms with van der Waals surface area (Å²) in [5.41, 5.74) is 5.32. The predicted octanol–water partition coefficient (Wildman–Crippen LogP) is 6.59. The summed E-state index contributed by atoms with van der Waals surface area (Å²) < 4.78 is 5.91. The molecule has 2 aliphatic rings. The molecule has 4 heterocycles. The Balaban J connectivity index is 1.42. The topological polar surface area (TPSA) is 89.4 Å². The average Bonchev–Trinajstić information content (AvgIpc) is 3.26. The number of aromatic nitrogens is 3. The fourth-order valence-corrected chi connectivity index (χ4v) is 6.72. The Labute approximate surface area is 235 Å². The van der Waals surface area contributed by atoms with Gasteiger partial charge in [-0.2, -0.15) is 0 Å². The number of aliphatic imine (C=N–C) groups is 1. The van der Waals surface area contributed by atoms with Crippen molar-refractivity contribution in [3.63, 3.8) is 0 Å². The number of nitrogens with one attached hydrogen (secondary N) is 1. The quantitative estimate of drug-likeness (QED) is 0.377. The van der Waals surface area contributed by atoms with Crippen LogP contribution in [0.3, 0.4) is 0 Å². The van der Waals surface area contributed by atoms with Gasteiger partial charge >= 0.3 is 0 Å². The molecule has 1 fully saturated rings. The van der Waals surface area contributed by atoms with Crippen LogP contribution >= 0.6 is 11.3 Å². The second-order valence-electron chi connectivity index (χ2n) is 12.3. The fraction of sp³-hybridized carbons (Fsp3) is 0.516. The molecule has 0 radical (unpaired) electrons. The number of hydrogen-bond donors (Lipinski definition) is 1. The molecule has 1 amide bonds. The first-order valence-corrected chi connectivity index (χ1v) is 14.7. The Morgan fingerprint density at radius 2 is 1.90 bits per heavy atom. The predicted molar refractivity (Wildman–Crippen MR) is 157 cm³/mol. The molecule has 3 aromatic heterocycles. The van der Waals surface area contributed by atoms with Gasteiger partial charge in [0.15, 0.2) is 5.01 Å². The van der Waals surface area contributed by atoms with E-state index in [1.54, 1.807) is 19.5 Å². The minimum atomic E-state index is -0.0825. The van der Waals surface area contributed by atoms with Crippen molar-refractivity contribution in [2.45, 2.75) is 78.4 Å². The zero-order chi connectivity index (χ0) is 27.6. The first-order chi connectivity index (χ1) is 18.7. The van der Waals surface area contributed by atoms with Gasteiger partial charge in [0.2, 0.25) is 0 Å². The maximum atomic E-state index is 13.0. The molecule has 5 rings (SSSR count). The van der Waals surface area contributed by atoms with Gasteiger partial charge in [-0.3, -0.25) is 19.8 Å². The van der Waals surface area contributed by atoms with Crippen LogP contribution < -0.4 is 5.32 Å². The number of rotatable bonds is 6. The molecular weight excluding hydrogens is 506 g/mol. The highest BCUT2D eigenvalue weighted by molar-refractivity contribution is 7.13. The Kier molecular flexibility index (Phi) is 8.24. The molecule has 206 valence electrons. The standard InChI is InChI=1S/C31H39N5O2S/c1-19-17-34-30(39-19)29(37)36-23-11-21(13-25(15-23)38-5)20-10-22-14-27(26-8-6-7-9-32-26)33-18-28(22)35-24(12-20)16-31(2,3)4/h6-9,14,17-18,20-21,23,25H,10-13,15-16H2,1-5H3,(H,36,37)/t20-,21+,23-,25-/m1/s1. The lowest BCUT2D eigenvalue weighted by Gasteiger charge is -2.38. The summed E-state index contributed by atoms with van der Waals surface area (Å²) in [6.07, 6.45) is 11.1. The van der Waals surface area contributed by atoms with E-state index in [9.17, 15) is 4.79 Å². The zero-order valence-electron chi connectivity index (χ0n) is 23.6. The minimum Gasteiger partial charge on any atom is -0.381 e. The lowest BCUT2D eigenvalue weighted by Crippen LogP contribution is -2.44. The van der Waals surface area contributed by atoms with Crippen LogP contribution in [0.2, 0.25) is 0 Å². The average molecular weight is 546 g/mol. The van der Waals surface area contributed by atoms with Gasteiger partial charge in [-0.1, -0.05) is 26.8 Å². The molecular formula is C31H39N5O2S. The SMILES string of the molecule is CO[C@H]1C[C@H](NC(=O)c2ncc(C)s2)C[C@H]([C@H]2CC(CC(C)(C)C)=Nc3cnc(-c4ccccn4)cc3C2)C1. The summed E-state index contributed by atoms with van der Waals surface area (Å²) in [6.45, 7) is 8.78. The Morgan fingerprint density at radius 1 is 1.05 bits per heavy atom. The Morgan fingerprint density at radius 3 is 2.59 bits per heavy atom. The highest BCUT2D eigenvalue weighted by Crippen LogP contribution is 2.41. The van der Waals surface area contributed by atoms with Crippen molar-refractivity contribution in [1.29, 1.82) is 0 Å². The van der Waals surface area contributed by atoms with E-state index in [4.69, 9.17) is 14.7 Å². The van der Waals surface area contributed by atoms with E-state index in [1.165, 1.54) is 22.6 Å². The summed E-state index contributed by atoms with van der Waals surface area (Å²) in [6, 6.07) is 8.14. The molecule has 7 nitrogen and oxygen atoms in total. The molecule has 4 atom stereocenters. The lowest BCUT2D eigenvalue weighted by molar-refractivity contribution is 0.0236. The molecule has 1 aliphatic heterocycles. The first-order valence-electron chi connectivity index (χ1n) is 13.9. The highest BCUT2D eigenvalue weighted by Gasteiger charge is 2.36. The monoisotopic (exact) mass is 545 g/mol. The normalized spacial score (nSPS) is 23.5. The van der Waals surface area contributed by atoms with Gasteiger partial charge in [-0.15, -0.1) is 11.3 Å². The van der Waals surface area contributed by atoms with Gasteiger partial charge in [0.1, 0.15) is 0 Å². The highest BCUT2D eigenvalue weighted by atomic mass is 32.1. The van der Waals surface area contributed by atoms with Gasteiger partial charge in [0, 0.05) is 36.1 Å². The van der Waals surface area contributed by atoms with Crippen molar-refractivity contribution in [2.24, 2.45) is 22.2 Å². The van der Waals surface area contributed by atoms with Crippen LogP contribution in [0.4, 0.5) is 5.69 Å². The smallest absolute Gasteiger partial charge is 0.280 e. The van der Waals surface area contributed by atoms with Crippen molar-refractivity contribution in [1.82, 2.24) is 20.3 Å². The van der Waals surface area contributed by atoms with E-state index in [-0.39, 0.29) is 23.5 Å². The second-order valence-corrected chi connectivity index (χ2v) is 13.5. The lowest BCUT2D eigenvalue weighted by atomic mass is 9.72. The molecule has 0 unspecified atom stereocenters. The molecule has 3 aromatic rings. The molecule has 1 aliphatic carbocycles. The van der Waals surface area contributed by atoms with E-state index < -0.39 is 0 Å². The molecule has 0 aromatic carbocycles. The number of nitrogens with zero attached hydrogens (tertiary/aromatic N) is 4. The number of carbonyl (C=O) groups excluding carboxylic acids is 1. The largest absolute Gasteiger partial charge is 0.381 e. The van der Waals surface area contributed by atoms with Crippen LogP contribution in [0.25, 0.3) is 11.4 Å². The number of carbonyl (C=O) groups is 1.